The zero-order valence-corrected chi connectivity index (χ0v) is 18.1. The number of aryl methyl sites for hydroxylation is 1. The van der Waals surface area contributed by atoms with Crippen molar-refractivity contribution in [2.45, 2.75) is 26.0 Å². The minimum atomic E-state index is -1.42. The van der Waals surface area contributed by atoms with Gasteiger partial charge in [-0.25, -0.2) is 23.4 Å². The second-order valence-corrected chi connectivity index (χ2v) is 7.73. The summed E-state index contributed by atoms with van der Waals surface area (Å²) in [6.07, 6.45) is 6.74. The summed E-state index contributed by atoms with van der Waals surface area (Å²) in [5.41, 5.74) is -0.846. The molecule has 0 saturated heterocycles. The Morgan fingerprint density at radius 3 is 2.66 bits per heavy atom. The van der Waals surface area contributed by atoms with Crippen molar-refractivity contribution in [1.82, 2.24) is 19.2 Å². The first kappa shape index (κ1) is 23.4. The molecule has 0 bridgehead atoms. The highest BCUT2D eigenvalue weighted by Crippen LogP contribution is 2.31. The van der Waals surface area contributed by atoms with E-state index in [9.17, 15) is 23.5 Å². The Kier molecular flexibility index (Phi) is 7.95. The van der Waals surface area contributed by atoms with E-state index in [-0.39, 0.29) is 15.9 Å². The summed E-state index contributed by atoms with van der Waals surface area (Å²) in [4.78, 5) is 27.7. The van der Waals surface area contributed by atoms with Crippen molar-refractivity contribution in [3.63, 3.8) is 0 Å². The molecule has 0 spiro atoms. The number of benzene rings is 1. The fourth-order valence-electron chi connectivity index (χ4n) is 2.69. The van der Waals surface area contributed by atoms with Crippen molar-refractivity contribution >= 4 is 40.1 Å². The number of hydrogen-bond acceptors (Lipinski definition) is 6. The number of carbonyl (C=O) groups is 2. The van der Waals surface area contributed by atoms with E-state index in [1.807, 2.05) is 10.8 Å². The average molecular weight is 486 g/mol. The predicted octanol–water partition coefficient (Wildman–Crippen LogP) is 4.15. The van der Waals surface area contributed by atoms with Gasteiger partial charge in [-0.3, -0.25) is 5.32 Å². The molecule has 0 radical (unpaired) electrons. The van der Waals surface area contributed by atoms with E-state index in [0.717, 1.165) is 25.1 Å². The van der Waals surface area contributed by atoms with Crippen LogP contribution in [-0.2, 0) is 13.2 Å². The van der Waals surface area contributed by atoms with E-state index in [1.54, 1.807) is 12.5 Å². The van der Waals surface area contributed by atoms with Crippen molar-refractivity contribution in [3.8, 4) is 5.88 Å². The van der Waals surface area contributed by atoms with Gasteiger partial charge in [-0.15, -0.1) is 0 Å². The van der Waals surface area contributed by atoms with E-state index in [4.69, 9.17) is 16.3 Å². The fourth-order valence-corrected chi connectivity index (χ4v) is 3.60. The quantitative estimate of drug-likeness (QED) is 0.371. The summed E-state index contributed by atoms with van der Waals surface area (Å²) in [6, 6.07) is 1.21. The van der Waals surface area contributed by atoms with Gasteiger partial charge in [0.25, 0.3) is 0 Å². The van der Waals surface area contributed by atoms with Crippen LogP contribution in [0.1, 0.15) is 28.8 Å². The predicted molar refractivity (Wildman–Crippen MR) is 113 cm³/mol. The summed E-state index contributed by atoms with van der Waals surface area (Å²) in [5.74, 6) is -3.66. The Balaban J connectivity index is 1.55. The minimum Gasteiger partial charge on any atom is -0.477 e. The first-order chi connectivity index (χ1) is 15.3. The number of carboxylic acids is 1. The number of rotatable bonds is 10. The van der Waals surface area contributed by atoms with Crippen LogP contribution in [-0.4, -0.2) is 37.6 Å². The molecule has 32 heavy (non-hydrogen) atoms. The summed E-state index contributed by atoms with van der Waals surface area (Å²) < 4.78 is 38.8. The van der Waals surface area contributed by atoms with Gasteiger partial charge in [0.1, 0.15) is 23.2 Å². The molecule has 170 valence electrons. The maximum Gasteiger partial charge on any atom is 0.344 e. The van der Waals surface area contributed by atoms with Crippen LogP contribution in [0, 0.1) is 11.6 Å². The highest BCUT2D eigenvalue weighted by atomic mass is 35.5. The Labute approximate surface area is 190 Å². The van der Waals surface area contributed by atoms with Gasteiger partial charge in [-0.2, -0.15) is 4.37 Å². The van der Waals surface area contributed by atoms with E-state index in [1.165, 1.54) is 0 Å². The number of urea groups is 1. The molecule has 3 aromatic rings. The van der Waals surface area contributed by atoms with E-state index >= 15 is 0 Å². The first-order valence-corrected chi connectivity index (χ1v) is 10.5. The lowest BCUT2D eigenvalue weighted by Crippen LogP contribution is -2.29. The molecule has 2 aromatic heterocycles. The monoisotopic (exact) mass is 485 g/mol. The topological polar surface area (TPSA) is 118 Å². The van der Waals surface area contributed by atoms with Crippen molar-refractivity contribution in [2.24, 2.45) is 0 Å². The molecule has 0 aliphatic heterocycles. The Hall–Kier alpha value is -3.25. The van der Waals surface area contributed by atoms with Gasteiger partial charge in [-0.05, 0) is 36.5 Å². The van der Waals surface area contributed by atoms with E-state index in [0.29, 0.717) is 24.5 Å². The first-order valence-electron chi connectivity index (χ1n) is 9.35. The van der Waals surface area contributed by atoms with Gasteiger partial charge in [0, 0.05) is 30.5 Å². The number of aromatic carboxylic acids is 1. The lowest BCUT2D eigenvalue weighted by Gasteiger charge is -2.09. The zero-order valence-electron chi connectivity index (χ0n) is 16.5. The van der Waals surface area contributed by atoms with Gasteiger partial charge >= 0.3 is 12.0 Å². The Morgan fingerprint density at radius 2 is 2.00 bits per heavy atom. The number of halogens is 3. The van der Waals surface area contributed by atoms with Crippen LogP contribution < -0.4 is 15.4 Å². The second kappa shape index (κ2) is 10.9. The molecule has 0 unspecified atom stereocenters. The van der Waals surface area contributed by atoms with Crippen LogP contribution in [0.15, 0.2) is 30.9 Å². The van der Waals surface area contributed by atoms with Gasteiger partial charge in [0.2, 0.25) is 5.88 Å². The normalized spacial score (nSPS) is 10.7. The number of carboxylic acid groups (broad SMARTS) is 1. The number of carbonyl (C=O) groups excluding carboxylic acids is 1. The zero-order chi connectivity index (χ0) is 23.1. The Bertz CT molecular complexity index is 1070. The molecule has 1 aromatic carbocycles. The summed E-state index contributed by atoms with van der Waals surface area (Å²) >= 11 is 6.25. The van der Waals surface area contributed by atoms with Crippen molar-refractivity contribution in [3.05, 3.63) is 58.6 Å². The van der Waals surface area contributed by atoms with Crippen LogP contribution in [0.4, 0.5) is 18.6 Å². The SMILES string of the molecule is O=C(NCCCCn1ccnc1)Nc1snc(OCc2c(F)cc(Cl)cc2F)c1C(=O)O. The molecule has 9 nitrogen and oxygen atoms in total. The van der Waals surface area contributed by atoms with Crippen LogP contribution in [0.25, 0.3) is 0 Å². The fraction of sp³-hybridized carbons (Fsp3) is 0.263. The maximum absolute atomic E-state index is 13.9. The largest absolute Gasteiger partial charge is 0.477 e. The number of imidazole rings is 1. The van der Waals surface area contributed by atoms with Gasteiger partial charge in [-0.1, -0.05) is 11.6 Å². The maximum atomic E-state index is 13.9. The smallest absolute Gasteiger partial charge is 0.344 e. The summed E-state index contributed by atoms with van der Waals surface area (Å²) in [5, 5.41) is 14.3. The molecule has 2 amide bonds. The number of amides is 2. The van der Waals surface area contributed by atoms with E-state index < -0.39 is 41.4 Å². The standard InChI is InChI=1S/C19H18ClF2N5O4S/c20-11-7-13(21)12(14(22)8-11)9-31-16-15(18(28)29)17(32-26-16)25-19(30)24-3-1-2-5-27-6-4-23-10-27/h4,6-8,10H,1-3,5,9H2,(H,28,29)(H2,24,25,30). The van der Waals surface area contributed by atoms with Gasteiger partial charge < -0.3 is 19.7 Å². The molecule has 3 rings (SSSR count). The molecule has 0 fully saturated rings. The summed E-state index contributed by atoms with van der Waals surface area (Å²) in [6.45, 7) is 0.526. The molecule has 3 N–H and O–H groups in total. The summed E-state index contributed by atoms with van der Waals surface area (Å²) in [7, 11) is 0. The van der Waals surface area contributed by atoms with Crippen molar-refractivity contribution in [1.29, 1.82) is 0 Å². The molecule has 13 heteroatoms. The molecular weight excluding hydrogens is 468 g/mol. The number of unbranched alkanes of at least 4 members (excludes halogenated alkanes) is 1. The molecule has 2 heterocycles. The number of nitrogens with zero attached hydrogens (tertiary/aromatic N) is 3. The van der Waals surface area contributed by atoms with Crippen LogP contribution in [0.3, 0.4) is 0 Å². The van der Waals surface area contributed by atoms with Crippen molar-refractivity contribution < 1.29 is 28.2 Å². The third kappa shape index (κ3) is 6.14. The number of ether oxygens (including phenoxy) is 1. The third-order valence-corrected chi connectivity index (χ3v) is 5.21. The Morgan fingerprint density at radius 1 is 1.25 bits per heavy atom. The van der Waals surface area contributed by atoms with Crippen LogP contribution >= 0.6 is 23.1 Å². The average Bonchev–Trinajstić information content (AvgIpc) is 3.37. The molecule has 0 atom stereocenters. The highest BCUT2D eigenvalue weighted by Gasteiger charge is 2.24. The number of nitrogens with one attached hydrogen (secondary N) is 2. The second-order valence-electron chi connectivity index (χ2n) is 6.52. The van der Waals surface area contributed by atoms with E-state index in [2.05, 4.69) is 20.0 Å². The lowest BCUT2D eigenvalue weighted by molar-refractivity contribution is 0.0693. The lowest BCUT2D eigenvalue weighted by atomic mass is 10.2. The molecule has 0 saturated carbocycles. The number of hydrogen-bond donors (Lipinski definition) is 3. The highest BCUT2D eigenvalue weighted by molar-refractivity contribution is 7.11. The third-order valence-electron chi connectivity index (χ3n) is 4.25. The molecule has 0 aliphatic carbocycles. The van der Waals surface area contributed by atoms with Crippen LogP contribution in [0.5, 0.6) is 5.88 Å². The molecular formula is C19H18ClF2N5O4S. The number of aromatic nitrogens is 3. The number of anilines is 1. The minimum absolute atomic E-state index is 0.0690. The van der Waals surface area contributed by atoms with Crippen molar-refractivity contribution in [2.75, 3.05) is 11.9 Å². The van der Waals surface area contributed by atoms with Crippen LogP contribution in [0.2, 0.25) is 5.02 Å². The van der Waals surface area contributed by atoms with Gasteiger partial charge in [0.05, 0.1) is 11.9 Å². The van der Waals surface area contributed by atoms with Gasteiger partial charge in [0.15, 0.2) is 5.56 Å². The molecule has 0 aliphatic rings.